The summed E-state index contributed by atoms with van der Waals surface area (Å²) in [6.45, 7) is 4.99. The van der Waals surface area contributed by atoms with Crippen LogP contribution in [0.1, 0.15) is 31.5 Å². The van der Waals surface area contributed by atoms with Crippen molar-refractivity contribution >= 4 is 5.91 Å². The highest BCUT2D eigenvalue weighted by molar-refractivity contribution is 5.81. The number of nitrogens with zero attached hydrogens (tertiary/aromatic N) is 2. The fourth-order valence-electron chi connectivity index (χ4n) is 2.78. The van der Waals surface area contributed by atoms with Crippen LogP contribution in [0.2, 0.25) is 0 Å². The molecule has 0 saturated carbocycles. The van der Waals surface area contributed by atoms with Crippen molar-refractivity contribution in [1.29, 1.82) is 0 Å². The van der Waals surface area contributed by atoms with E-state index in [1.165, 1.54) is 5.56 Å². The van der Waals surface area contributed by atoms with Gasteiger partial charge in [-0.15, -0.1) is 0 Å². The number of nitrogens with two attached hydrogens (primary N) is 1. The Hall–Kier alpha value is -2.18. The van der Waals surface area contributed by atoms with E-state index in [0.29, 0.717) is 19.4 Å². The molecule has 0 bridgehead atoms. The molecule has 6 heteroatoms. The van der Waals surface area contributed by atoms with Gasteiger partial charge in [0.15, 0.2) is 0 Å². The van der Waals surface area contributed by atoms with Gasteiger partial charge in [-0.2, -0.15) is 0 Å². The van der Waals surface area contributed by atoms with E-state index in [2.05, 4.69) is 22.4 Å². The molecule has 3 atom stereocenters. The van der Waals surface area contributed by atoms with Crippen molar-refractivity contribution in [3.8, 4) is 0 Å². The summed E-state index contributed by atoms with van der Waals surface area (Å²) in [4.78, 5) is 16.4. The van der Waals surface area contributed by atoms with Gasteiger partial charge in [-0.1, -0.05) is 37.3 Å². The van der Waals surface area contributed by atoms with E-state index in [-0.39, 0.29) is 17.9 Å². The predicted octanol–water partition coefficient (Wildman–Crippen LogP) is 1.32. The van der Waals surface area contributed by atoms with Crippen molar-refractivity contribution in [3.63, 3.8) is 0 Å². The van der Waals surface area contributed by atoms with Crippen LogP contribution in [0.15, 0.2) is 42.9 Å². The maximum absolute atomic E-state index is 12.1. The molecule has 136 valence electrons. The van der Waals surface area contributed by atoms with Crippen LogP contribution in [-0.2, 0) is 17.8 Å². The topological polar surface area (TPSA) is 93.2 Å². The van der Waals surface area contributed by atoms with E-state index in [9.17, 15) is 9.90 Å². The molecule has 4 N–H and O–H groups in total. The molecule has 2 aromatic rings. The van der Waals surface area contributed by atoms with Gasteiger partial charge < -0.3 is 20.7 Å². The van der Waals surface area contributed by atoms with Gasteiger partial charge in [0.1, 0.15) is 0 Å². The van der Waals surface area contributed by atoms with Gasteiger partial charge in [0.05, 0.1) is 24.2 Å². The van der Waals surface area contributed by atoms with Gasteiger partial charge in [0, 0.05) is 25.7 Å². The molecule has 0 aliphatic heterocycles. The van der Waals surface area contributed by atoms with Crippen molar-refractivity contribution in [2.45, 2.75) is 45.4 Å². The highest BCUT2D eigenvalue weighted by Crippen LogP contribution is 2.06. The van der Waals surface area contributed by atoms with Gasteiger partial charge in [-0.05, 0) is 24.8 Å². The number of hydrogen-bond acceptors (Lipinski definition) is 4. The molecule has 0 aliphatic rings. The van der Waals surface area contributed by atoms with Crippen LogP contribution in [-0.4, -0.2) is 39.3 Å². The van der Waals surface area contributed by atoms with Crippen molar-refractivity contribution in [3.05, 3.63) is 54.1 Å². The second-order valence-corrected chi connectivity index (χ2v) is 6.77. The zero-order valence-corrected chi connectivity index (χ0v) is 14.9. The Bertz CT molecular complexity index is 654. The predicted molar refractivity (Wildman–Crippen MR) is 97.9 cm³/mol. The molecular weight excluding hydrogens is 316 g/mol. The zero-order valence-electron chi connectivity index (χ0n) is 14.9. The molecule has 6 nitrogen and oxygen atoms in total. The number of amides is 1. The summed E-state index contributed by atoms with van der Waals surface area (Å²) in [6, 6.07) is 9.50. The highest BCUT2D eigenvalue weighted by atomic mass is 16.3. The Labute approximate surface area is 149 Å². The van der Waals surface area contributed by atoms with E-state index in [1.807, 2.05) is 35.9 Å². The van der Waals surface area contributed by atoms with E-state index < -0.39 is 6.04 Å². The molecule has 25 heavy (non-hydrogen) atoms. The van der Waals surface area contributed by atoms with E-state index in [1.54, 1.807) is 13.3 Å². The first-order chi connectivity index (χ1) is 11.9. The lowest BCUT2D eigenvalue weighted by Crippen LogP contribution is -2.43. The largest absolute Gasteiger partial charge is 0.393 e. The number of benzene rings is 1. The number of aliphatic hydroxyl groups excluding tert-OH is 1. The lowest BCUT2D eigenvalue weighted by Gasteiger charge is -2.16. The zero-order chi connectivity index (χ0) is 18.2. The number of carbonyl (C=O) groups excluding carboxylic acids is 1. The number of aliphatic hydroxyl groups is 1. The van der Waals surface area contributed by atoms with Crippen LogP contribution in [0.5, 0.6) is 0 Å². The van der Waals surface area contributed by atoms with Gasteiger partial charge in [-0.3, -0.25) is 4.79 Å². The molecule has 1 amide bonds. The quantitative estimate of drug-likeness (QED) is 0.640. The standard InChI is InChI=1S/C19H28N4O2/c1-14(8-15(2)24)10-21-19(25)18(20)9-17-12-23(13-22-17)11-16-6-4-3-5-7-16/h3-7,12-15,18,24H,8-11,20H2,1-2H3,(H,21,25)/t14?,15?,18-/m0/s1. The monoisotopic (exact) mass is 344 g/mol. The summed E-state index contributed by atoms with van der Waals surface area (Å²) >= 11 is 0. The summed E-state index contributed by atoms with van der Waals surface area (Å²) in [6.07, 6.45) is 4.38. The minimum absolute atomic E-state index is 0.185. The minimum atomic E-state index is -0.626. The van der Waals surface area contributed by atoms with Gasteiger partial charge >= 0.3 is 0 Å². The normalized spacial score (nSPS) is 14.7. The Balaban J connectivity index is 1.80. The highest BCUT2D eigenvalue weighted by Gasteiger charge is 2.16. The second kappa shape index (κ2) is 9.34. The summed E-state index contributed by atoms with van der Waals surface area (Å²) in [5.41, 5.74) is 7.98. The van der Waals surface area contributed by atoms with Crippen LogP contribution in [0.25, 0.3) is 0 Å². The maximum atomic E-state index is 12.1. The van der Waals surface area contributed by atoms with Crippen LogP contribution in [0, 0.1) is 5.92 Å². The second-order valence-electron chi connectivity index (χ2n) is 6.77. The fraction of sp³-hybridized carbons (Fsp3) is 0.474. The smallest absolute Gasteiger partial charge is 0.237 e. The molecule has 0 aliphatic carbocycles. The first-order valence-electron chi connectivity index (χ1n) is 8.70. The number of rotatable bonds is 9. The minimum Gasteiger partial charge on any atom is -0.393 e. The van der Waals surface area contributed by atoms with Crippen LogP contribution in [0.4, 0.5) is 0 Å². The summed E-state index contributed by atoms with van der Waals surface area (Å²) < 4.78 is 1.99. The summed E-state index contributed by atoms with van der Waals surface area (Å²) in [5.74, 6) is 0.0243. The third-order valence-electron chi connectivity index (χ3n) is 4.03. The van der Waals surface area contributed by atoms with Crippen LogP contribution < -0.4 is 11.1 Å². The first kappa shape index (κ1) is 19.1. The molecule has 1 aromatic heterocycles. The molecule has 2 rings (SSSR count). The molecule has 2 unspecified atom stereocenters. The maximum Gasteiger partial charge on any atom is 0.237 e. The number of hydrogen-bond donors (Lipinski definition) is 3. The van der Waals surface area contributed by atoms with Gasteiger partial charge in [-0.25, -0.2) is 4.98 Å². The van der Waals surface area contributed by atoms with E-state index >= 15 is 0 Å². The number of carbonyl (C=O) groups is 1. The molecule has 0 spiro atoms. The summed E-state index contributed by atoms with van der Waals surface area (Å²) in [7, 11) is 0. The third-order valence-corrected chi connectivity index (χ3v) is 4.03. The lowest BCUT2D eigenvalue weighted by molar-refractivity contribution is -0.122. The first-order valence-corrected chi connectivity index (χ1v) is 8.70. The Morgan fingerprint density at radius 3 is 2.72 bits per heavy atom. The van der Waals surface area contributed by atoms with Gasteiger partial charge in [0.25, 0.3) is 0 Å². The molecule has 0 fully saturated rings. The van der Waals surface area contributed by atoms with Crippen LogP contribution in [0.3, 0.4) is 0 Å². The third kappa shape index (κ3) is 6.68. The average Bonchev–Trinajstić information content (AvgIpc) is 2.99. The fourth-order valence-corrected chi connectivity index (χ4v) is 2.78. The van der Waals surface area contributed by atoms with Crippen molar-refractivity contribution < 1.29 is 9.90 Å². The van der Waals surface area contributed by atoms with Crippen molar-refractivity contribution in [1.82, 2.24) is 14.9 Å². The average molecular weight is 344 g/mol. The van der Waals surface area contributed by atoms with Crippen molar-refractivity contribution in [2.24, 2.45) is 11.7 Å². The molecule has 1 heterocycles. The Kier molecular flexibility index (Phi) is 7.16. The lowest BCUT2D eigenvalue weighted by atomic mass is 10.0. The van der Waals surface area contributed by atoms with Gasteiger partial charge in [0.2, 0.25) is 5.91 Å². The van der Waals surface area contributed by atoms with E-state index in [0.717, 1.165) is 12.2 Å². The molecule has 1 aromatic carbocycles. The number of nitrogens with one attached hydrogen (secondary N) is 1. The number of imidazole rings is 1. The SMILES string of the molecule is CC(O)CC(C)CNC(=O)[C@@H](N)Cc1cn(Cc2ccccc2)cn1. The number of aromatic nitrogens is 2. The molecule has 0 saturated heterocycles. The van der Waals surface area contributed by atoms with E-state index in [4.69, 9.17) is 5.73 Å². The van der Waals surface area contributed by atoms with Crippen LogP contribution >= 0.6 is 0 Å². The summed E-state index contributed by atoms with van der Waals surface area (Å²) in [5, 5.41) is 12.2. The Morgan fingerprint density at radius 2 is 2.04 bits per heavy atom. The van der Waals surface area contributed by atoms with Crippen molar-refractivity contribution in [2.75, 3.05) is 6.54 Å². The molecule has 0 radical (unpaired) electrons. The Morgan fingerprint density at radius 1 is 1.32 bits per heavy atom. The molecular formula is C19H28N4O2.